The molecule has 0 aromatic heterocycles. The van der Waals surface area contributed by atoms with Crippen LogP contribution in [0.5, 0.6) is 0 Å². The number of benzene rings is 2. The Hall–Kier alpha value is -2.27. The smallest absolute Gasteiger partial charge is 0.242 e. The van der Waals surface area contributed by atoms with Gasteiger partial charge in [-0.05, 0) is 45.7 Å². The van der Waals surface area contributed by atoms with Crippen LogP contribution in [0, 0.1) is 6.92 Å². The number of thioether (sulfide) groups is 1. The number of aryl methyl sites for hydroxylation is 1. The zero-order chi connectivity index (χ0) is 22.1. The molecule has 0 fully saturated rings. The summed E-state index contributed by atoms with van der Waals surface area (Å²) in [6, 6.07) is 17.8. The van der Waals surface area contributed by atoms with E-state index in [0.717, 1.165) is 17.1 Å². The van der Waals surface area contributed by atoms with Crippen molar-refractivity contribution >= 4 is 23.6 Å². The second-order valence-electron chi connectivity index (χ2n) is 8.71. The summed E-state index contributed by atoms with van der Waals surface area (Å²) in [5.74, 6) is 1.49. The van der Waals surface area contributed by atoms with Crippen LogP contribution in [0.2, 0.25) is 0 Å². The Morgan fingerprint density at radius 1 is 1.00 bits per heavy atom. The highest BCUT2D eigenvalue weighted by Crippen LogP contribution is 2.17. The average molecular weight is 427 g/mol. The predicted octanol–water partition coefficient (Wildman–Crippen LogP) is 4.95. The lowest BCUT2D eigenvalue weighted by Gasteiger charge is -2.31. The van der Waals surface area contributed by atoms with Gasteiger partial charge in [-0.15, -0.1) is 0 Å². The summed E-state index contributed by atoms with van der Waals surface area (Å²) in [5.41, 5.74) is 3.12. The molecule has 0 radical (unpaired) electrons. The van der Waals surface area contributed by atoms with E-state index in [1.807, 2.05) is 77.1 Å². The number of rotatable bonds is 9. The zero-order valence-corrected chi connectivity index (χ0v) is 19.6. The van der Waals surface area contributed by atoms with Crippen LogP contribution >= 0.6 is 11.8 Å². The summed E-state index contributed by atoms with van der Waals surface area (Å²) in [6.07, 6.45) is 0.413. The van der Waals surface area contributed by atoms with Crippen molar-refractivity contribution in [3.05, 3.63) is 71.3 Å². The van der Waals surface area contributed by atoms with Gasteiger partial charge in [0.15, 0.2) is 0 Å². The van der Waals surface area contributed by atoms with Gasteiger partial charge in [0.1, 0.15) is 6.04 Å². The molecule has 1 N–H and O–H groups in total. The van der Waals surface area contributed by atoms with Crippen molar-refractivity contribution in [2.45, 2.75) is 64.9 Å². The highest BCUT2D eigenvalue weighted by atomic mass is 32.2. The summed E-state index contributed by atoms with van der Waals surface area (Å²) in [5, 5.41) is 3.00. The summed E-state index contributed by atoms with van der Waals surface area (Å²) in [4.78, 5) is 27.5. The molecule has 30 heavy (non-hydrogen) atoms. The van der Waals surface area contributed by atoms with E-state index in [9.17, 15) is 9.59 Å². The molecule has 4 nitrogen and oxygen atoms in total. The SMILES string of the molecule is Cc1ccc(CN(C(=O)CCSCc2ccccc2)C(C)C(=O)NC(C)(C)C)cc1. The Balaban J connectivity index is 2.02. The number of carbonyl (C=O) groups excluding carboxylic acids is 2. The topological polar surface area (TPSA) is 49.4 Å². The lowest BCUT2D eigenvalue weighted by molar-refractivity contribution is -0.140. The van der Waals surface area contributed by atoms with E-state index >= 15 is 0 Å². The highest BCUT2D eigenvalue weighted by molar-refractivity contribution is 7.98. The normalized spacial score (nSPS) is 12.3. The molecule has 0 aliphatic rings. The Morgan fingerprint density at radius 3 is 2.23 bits per heavy atom. The molecule has 2 aromatic rings. The minimum atomic E-state index is -0.530. The van der Waals surface area contributed by atoms with E-state index in [4.69, 9.17) is 0 Å². The molecule has 1 unspecified atom stereocenters. The number of hydrogen-bond acceptors (Lipinski definition) is 3. The van der Waals surface area contributed by atoms with Gasteiger partial charge in [-0.2, -0.15) is 11.8 Å². The first-order valence-electron chi connectivity index (χ1n) is 10.4. The third kappa shape index (κ3) is 8.23. The predicted molar refractivity (Wildman–Crippen MR) is 126 cm³/mol. The van der Waals surface area contributed by atoms with Crippen LogP contribution in [-0.2, 0) is 21.9 Å². The van der Waals surface area contributed by atoms with Crippen LogP contribution in [0.3, 0.4) is 0 Å². The maximum Gasteiger partial charge on any atom is 0.242 e. The molecule has 0 aliphatic carbocycles. The lowest BCUT2D eigenvalue weighted by atomic mass is 10.1. The fraction of sp³-hybridized carbons (Fsp3) is 0.440. The Kier molecular flexibility index (Phi) is 8.97. The fourth-order valence-corrected chi connectivity index (χ4v) is 3.91. The average Bonchev–Trinajstić information content (AvgIpc) is 2.69. The first-order chi connectivity index (χ1) is 14.2. The minimum absolute atomic E-state index is 0.00713. The van der Waals surface area contributed by atoms with E-state index in [2.05, 4.69) is 17.4 Å². The second kappa shape index (κ2) is 11.2. The first kappa shape index (κ1) is 24.0. The van der Waals surface area contributed by atoms with Crippen molar-refractivity contribution in [1.29, 1.82) is 0 Å². The zero-order valence-electron chi connectivity index (χ0n) is 18.8. The first-order valence-corrected chi connectivity index (χ1v) is 11.6. The lowest BCUT2D eigenvalue weighted by Crippen LogP contribution is -2.52. The molecule has 0 saturated heterocycles. The largest absolute Gasteiger partial charge is 0.350 e. The van der Waals surface area contributed by atoms with E-state index in [0.29, 0.717) is 13.0 Å². The van der Waals surface area contributed by atoms with E-state index in [1.54, 1.807) is 16.7 Å². The summed E-state index contributed by atoms with van der Waals surface area (Å²) < 4.78 is 0. The van der Waals surface area contributed by atoms with Crippen molar-refractivity contribution in [2.75, 3.05) is 5.75 Å². The molecule has 2 aromatic carbocycles. The van der Waals surface area contributed by atoms with Gasteiger partial charge in [-0.25, -0.2) is 0 Å². The monoisotopic (exact) mass is 426 g/mol. The molecular formula is C25H34N2O2S. The quantitative estimate of drug-likeness (QED) is 0.577. The number of nitrogens with one attached hydrogen (secondary N) is 1. The number of hydrogen-bond donors (Lipinski definition) is 1. The van der Waals surface area contributed by atoms with Crippen LogP contribution in [0.25, 0.3) is 0 Å². The maximum absolute atomic E-state index is 13.1. The van der Waals surface area contributed by atoms with Crippen molar-refractivity contribution in [2.24, 2.45) is 0 Å². The summed E-state index contributed by atoms with van der Waals surface area (Å²) in [7, 11) is 0. The Bertz CT molecular complexity index is 813. The molecular weight excluding hydrogens is 392 g/mol. The van der Waals surface area contributed by atoms with Gasteiger partial charge in [0, 0.05) is 30.0 Å². The van der Waals surface area contributed by atoms with Crippen molar-refractivity contribution in [3.8, 4) is 0 Å². The molecule has 1 atom stereocenters. The van der Waals surface area contributed by atoms with Crippen LogP contribution in [-0.4, -0.2) is 34.0 Å². The van der Waals surface area contributed by atoms with Gasteiger partial charge < -0.3 is 10.2 Å². The summed E-state index contributed by atoms with van der Waals surface area (Å²) in [6.45, 7) is 10.1. The van der Waals surface area contributed by atoms with Crippen LogP contribution in [0.4, 0.5) is 0 Å². The number of amides is 2. The van der Waals surface area contributed by atoms with Crippen molar-refractivity contribution in [1.82, 2.24) is 10.2 Å². The van der Waals surface area contributed by atoms with Crippen molar-refractivity contribution in [3.63, 3.8) is 0 Å². The minimum Gasteiger partial charge on any atom is -0.350 e. The maximum atomic E-state index is 13.1. The molecule has 0 bridgehead atoms. The van der Waals surface area contributed by atoms with E-state index < -0.39 is 6.04 Å². The van der Waals surface area contributed by atoms with Crippen LogP contribution in [0.15, 0.2) is 54.6 Å². The molecule has 5 heteroatoms. The Morgan fingerprint density at radius 2 is 1.63 bits per heavy atom. The van der Waals surface area contributed by atoms with Gasteiger partial charge >= 0.3 is 0 Å². The molecule has 2 amide bonds. The molecule has 0 saturated carbocycles. The van der Waals surface area contributed by atoms with Gasteiger partial charge in [-0.3, -0.25) is 9.59 Å². The van der Waals surface area contributed by atoms with E-state index in [1.165, 1.54) is 11.1 Å². The Labute approximate surface area is 185 Å². The van der Waals surface area contributed by atoms with Crippen LogP contribution < -0.4 is 5.32 Å². The molecule has 0 aliphatic heterocycles. The molecule has 0 heterocycles. The van der Waals surface area contributed by atoms with Crippen LogP contribution in [0.1, 0.15) is 50.8 Å². The third-order valence-electron chi connectivity index (χ3n) is 4.71. The van der Waals surface area contributed by atoms with Crippen molar-refractivity contribution < 1.29 is 9.59 Å². The molecule has 2 rings (SSSR count). The second-order valence-corrected chi connectivity index (χ2v) is 9.82. The third-order valence-corrected chi connectivity index (χ3v) is 5.74. The highest BCUT2D eigenvalue weighted by Gasteiger charge is 2.28. The fourth-order valence-electron chi connectivity index (χ4n) is 3.01. The van der Waals surface area contributed by atoms with Gasteiger partial charge in [0.05, 0.1) is 0 Å². The summed E-state index contributed by atoms with van der Waals surface area (Å²) >= 11 is 1.74. The molecule has 162 valence electrons. The molecule has 0 spiro atoms. The standard InChI is InChI=1S/C25H34N2O2S/c1-19-11-13-21(14-12-19)17-27(20(2)24(29)26-25(3,4)5)23(28)15-16-30-18-22-9-7-6-8-10-22/h6-14,20H,15-18H2,1-5H3,(H,26,29). The van der Waals surface area contributed by atoms with Gasteiger partial charge in [0.25, 0.3) is 0 Å². The van der Waals surface area contributed by atoms with Gasteiger partial charge in [0.2, 0.25) is 11.8 Å². The number of carbonyl (C=O) groups is 2. The van der Waals surface area contributed by atoms with E-state index in [-0.39, 0.29) is 17.4 Å². The van der Waals surface area contributed by atoms with Gasteiger partial charge in [-0.1, -0.05) is 60.2 Å². The number of nitrogens with zero attached hydrogens (tertiary/aromatic N) is 1.